The van der Waals surface area contributed by atoms with Gasteiger partial charge >= 0.3 is 6.09 Å². The number of hydrogen-bond donors (Lipinski definition) is 1. The molecule has 0 aromatic carbocycles. The van der Waals surface area contributed by atoms with E-state index in [0.717, 1.165) is 0 Å². The van der Waals surface area contributed by atoms with Crippen LogP contribution in [-0.2, 0) is 9.53 Å². The molecule has 3 aliphatic rings. The summed E-state index contributed by atoms with van der Waals surface area (Å²) in [6, 6.07) is -0.656. The number of nitrogens with two attached hydrogens (primary N) is 1. The quantitative estimate of drug-likeness (QED) is 0.771. The number of piperazine rings is 1. The summed E-state index contributed by atoms with van der Waals surface area (Å²) >= 11 is 0. The molecule has 6 nitrogen and oxygen atoms in total. The molecule has 2 N–H and O–H groups in total. The Kier molecular flexibility index (Phi) is 4.75. The van der Waals surface area contributed by atoms with Crippen molar-refractivity contribution in [2.45, 2.75) is 70.2 Å². The topological polar surface area (TPSA) is 75.9 Å². The van der Waals surface area contributed by atoms with Crippen LogP contribution in [0.5, 0.6) is 0 Å². The van der Waals surface area contributed by atoms with Crippen LogP contribution in [0.15, 0.2) is 12.2 Å². The van der Waals surface area contributed by atoms with Crippen molar-refractivity contribution in [3.8, 4) is 0 Å². The molecule has 0 radical (unpaired) electrons. The molecule has 8 heteroatoms. The smallest absolute Gasteiger partial charge is 0.410 e. The second kappa shape index (κ2) is 6.48. The van der Waals surface area contributed by atoms with Gasteiger partial charge in [-0.25, -0.2) is 13.6 Å². The van der Waals surface area contributed by atoms with Gasteiger partial charge < -0.3 is 20.3 Å². The molecule has 0 spiro atoms. The van der Waals surface area contributed by atoms with Crippen molar-refractivity contribution in [2.24, 2.45) is 11.1 Å². The Labute approximate surface area is 152 Å². The number of halogens is 2. The normalized spacial score (nSPS) is 33.4. The van der Waals surface area contributed by atoms with Gasteiger partial charge in [0.2, 0.25) is 12.3 Å². The molecular weight excluding hydrogens is 344 g/mol. The van der Waals surface area contributed by atoms with Gasteiger partial charge in [0.05, 0.1) is 17.5 Å². The van der Waals surface area contributed by atoms with Crippen molar-refractivity contribution in [3.05, 3.63) is 12.2 Å². The van der Waals surface area contributed by atoms with E-state index >= 15 is 0 Å². The number of carbonyl (C=O) groups is 2. The van der Waals surface area contributed by atoms with E-state index in [0.29, 0.717) is 19.5 Å². The highest BCUT2D eigenvalue weighted by atomic mass is 19.3. The van der Waals surface area contributed by atoms with Crippen molar-refractivity contribution in [1.82, 2.24) is 9.80 Å². The molecule has 0 unspecified atom stereocenters. The molecule has 3 rings (SSSR count). The lowest BCUT2D eigenvalue weighted by molar-refractivity contribution is -0.144. The number of fused-ring (bicyclic) bond motifs is 2. The SMILES string of the molecule is CC(C)(C)OC(=O)N1C[C@@H]2C[C@H]1CN2C(=O)[C@@]1(CC(F)F)C=C[C@H](N)C1. The zero-order valence-corrected chi connectivity index (χ0v) is 15.5. The number of rotatable bonds is 3. The number of carbonyl (C=O) groups excluding carboxylic acids is 2. The maximum absolute atomic E-state index is 13.1. The Bertz CT molecular complexity index is 619. The minimum atomic E-state index is -2.58. The summed E-state index contributed by atoms with van der Waals surface area (Å²) in [7, 11) is 0. The van der Waals surface area contributed by atoms with Gasteiger partial charge in [0.15, 0.2) is 0 Å². The molecule has 2 amide bonds. The van der Waals surface area contributed by atoms with Gasteiger partial charge in [-0.15, -0.1) is 0 Å². The number of likely N-dealkylation sites (tertiary alicyclic amines) is 2. The third kappa shape index (κ3) is 3.56. The summed E-state index contributed by atoms with van der Waals surface area (Å²) in [4.78, 5) is 28.7. The molecule has 1 aliphatic carbocycles. The highest BCUT2D eigenvalue weighted by molar-refractivity contribution is 5.86. The lowest BCUT2D eigenvalue weighted by Crippen LogP contribution is -2.55. The predicted molar refractivity (Wildman–Crippen MR) is 91.6 cm³/mol. The highest BCUT2D eigenvalue weighted by Crippen LogP contribution is 2.42. The van der Waals surface area contributed by atoms with Crippen molar-refractivity contribution in [2.75, 3.05) is 13.1 Å². The number of amides is 2. The number of hydrogen-bond acceptors (Lipinski definition) is 4. The molecule has 2 saturated heterocycles. The predicted octanol–water partition coefficient (Wildman–Crippen LogP) is 2.14. The Balaban J connectivity index is 1.69. The fraction of sp³-hybridized carbons (Fsp3) is 0.778. The van der Waals surface area contributed by atoms with E-state index in [-0.39, 0.29) is 36.5 Å². The molecule has 4 atom stereocenters. The van der Waals surface area contributed by atoms with E-state index in [9.17, 15) is 18.4 Å². The zero-order valence-electron chi connectivity index (χ0n) is 15.5. The highest BCUT2D eigenvalue weighted by Gasteiger charge is 2.53. The molecule has 146 valence electrons. The fourth-order valence-electron chi connectivity index (χ4n) is 4.28. The fourth-order valence-corrected chi connectivity index (χ4v) is 4.28. The first-order valence-electron chi connectivity index (χ1n) is 9.04. The molecule has 2 aliphatic heterocycles. The second-order valence-corrected chi connectivity index (χ2v) is 8.61. The van der Waals surface area contributed by atoms with E-state index in [1.54, 1.807) is 42.7 Å². The van der Waals surface area contributed by atoms with Crippen LogP contribution in [0.4, 0.5) is 13.6 Å². The first-order chi connectivity index (χ1) is 12.0. The largest absolute Gasteiger partial charge is 0.444 e. The first-order valence-corrected chi connectivity index (χ1v) is 9.04. The molecule has 2 fully saturated rings. The molecule has 2 heterocycles. The molecule has 2 bridgehead atoms. The van der Waals surface area contributed by atoms with Crippen LogP contribution in [0.2, 0.25) is 0 Å². The van der Waals surface area contributed by atoms with Gasteiger partial charge in [0.1, 0.15) is 5.60 Å². The zero-order chi connectivity index (χ0) is 19.3. The van der Waals surface area contributed by atoms with Crippen molar-refractivity contribution in [3.63, 3.8) is 0 Å². The van der Waals surface area contributed by atoms with E-state index < -0.39 is 23.9 Å². The summed E-state index contributed by atoms with van der Waals surface area (Å²) in [6.07, 6.45) is 0.588. The molecule has 26 heavy (non-hydrogen) atoms. The van der Waals surface area contributed by atoms with Crippen molar-refractivity contribution >= 4 is 12.0 Å². The Hall–Kier alpha value is -1.70. The maximum atomic E-state index is 13.1. The average Bonchev–Trinajstić information content (AvgIpc) is 3.18. The van der Waals surface area contributed by atoms with E-state index in [1.165, 1.54) is 0 Å². The van der Waals surface area contributed by atoms with Crippen LogP contribution in [0.1, 0.15) is 40.0 Å². The van der Waals surface area contributed by atoms with Crippen LogP contribution >= 0.6 is 0 Å². The maximum Gasteiger partial charge on any atom is 0.410 e. The summed E-state index contributed by atoms with van der Waals surface area (Å²) in [5.41, 5.74) is 4.04. The summed E-state index contributed by atoms with van der Waals surface area (Å²) in [5.74, 6) is -0.293. The van der Waals surface area contributed by atoms with Crippen LogP contribution in [0, 0.1) is 5.41 Å². The van der Waals surface area contributed by atoms with Gasteiger partial charge in [-0.3, -0.25) is 4.79 Å². The van der Waals surface area contributed by atoms with Gasteiger partial charge in [-0.2, -0.15) is 0 Å². The van der Waals surface area contributed by atoms with E-state index in [4.69, 9.17) is 10.5 Å². The van der Waals surface area contributed by atoms with Crippen molar-refractivity contribution < 1.29 is 23.1 Å². The summed E-state index contributed by atoms with van der Waals surface area (Å²) < 4.78 is 31.6. The first kappa shape index (κ1) is 19.1. The van der Waals surface area contributed by atoms with E-state index in [1.807, 2.05) is 0 Å². The molecule has 0 saturated carbocycles. The van der Waals surface area contributed by atoms with E-state index in [2.05, 4.69) is 0 Å². The summed E-state index contributed by atoms with van der Waals surface area (Å²) in [6.45, 7) is 6.15. The van der Waals surface area contributed by atoms with Crippen LogP contribution in [-0.4, -0.2) is 65.0 Å². The van der Waals surface area contributed by atoms with Gasteiger partial charge in [-0.05, 0) is 33.6 Å². The molecule has 0 aromatic heterocycles. The second-order valence-electron chi connectivity index (χ2n) is 8.61. The lowest BCUT2D eigenvalue weighted by atomic mass is 9.81. The summed E-state index contributed by atoms with van der Waals surface area (Å²) in [5, 5.41) is 0. The van der Waals surface area contributed by atoms with Crippen LogP contribution in [0.3, 0.4) is 0 Å². The Morgan fingerprint density at radius 2 is 1.88 bits per heavy atom. The number of nitrogens with zero attached hydrogens (tertiary/aromatic N) is 2. The van der Waals surface area contributed by atoms with Crippen LogP contribution < -0.4 is 5.73 Å². The van der Waals surface area contributed by atoms with Gasteiger partial charge in [0.25, 0.3) is 0 Å². The van der Waals surface area contributed by atoms with Gasteiger partial charge in [-0.1, -0.05) is 12.2 Å². The standard InChI is InChI=1S/C18H27F2N3O3/c1-17(2,3)26-16(25)23-10-12-6-13(23)9-22(12)15(24)18(8-14(19)20)5-4-11(21)7-18/h4-5,11-14H,6-10,21H2,1-3H3/t11-,12-,13-,18-/m0/s1. The third-order valence-corrected chi connectivity index (χ3v) is 5.34. The molecule has 0 aromatic rings. The van der Waals surface area contributed by atoms with Crippen LogP contribution in [0.25, 0.3) is 0 Å². The van der Waals surface area contributed by atoms with Crippen molar-refractivity contribution in [1.29, 1.82) is 0 Å². The minimum absolute atomic E-state index is 0.124. The Morgan fingerprint density at radius 1 is 1.27 bits per heavy atom. The number of alkyl halides is 2. The number of ether oxygens (including phenoxy) is 1. The Morgan fingerprint density at radius 3 is 2.35 bits per heavy atom. The third-order valence-electron chi connectivity index (χ3n) is 5.34. The average molecular weight is 371 g/mol. The monoisotopic (exact) mass is 371 g/mol. The van der Waals surface area contributed by atoms with Gasteiger partial charge in [0, 0.05) is 25.6 Å². The lowest BCUT2D eigenvalue weighted by Gasteiger charge is -2.39. The minimum Gasteiger partial charge on any atom is -0.444 e. The molecular formula is C18H27F2N3O3.